The molecule has 0 amide bonds. The zero-order chi connectivity index (χ0) is 9.40. The van der Waals surface area contributed by atoms with E-state index in [1.54, 1.807) is 0 Å². The van der Waals surface area contributed by atoms with Gasteiger partial charge in [-0.3, -0.25) is 0 Å². The minimum atomic E-state index is -1.03. The maximum Gasteiger partial charge on any atom is 0.352 e. The molecule has 0 aliphatic carbocycles. The Morgan fingerprint density at radius 3 is 2.67 bits per heavy atom. The minimum Gasteiger partial charge on any atom is -0.477 e. The summed E-state index contributed by atoms with van der Waals surface area (Å²) in [6.45, 7) is 0.886. The van der Waals surface area contributed by atoms with E-state index in [0.29, 0.717) is 6.42 Å². The highest BCUT2D eigenvalue weighted by Gasteiger charge is 2.07. The standard InChI is InChI=1S/C7H15N3O2/c1-9-5-3-2-4-6(10-8)7(11)12/h9H,2-5,8H2,1H3,(H,11,12)/b10-6+. The molecule has 0 spiro atoms. The normalized spacial score (nSPS) is 11.6. The zero-order valence-corrected chi connectivity index (χ0v) is 7.21. The van der Waals surface area contributed by atoms with Crippen LogP contribution in [-0.2, 0) is 4.79 Å². The van der Waals surface area contributed by atoms with Crippen molar-refractivity contribution in [3.8, 4) is 0 Å². The van der Waals surface area contributed by atoms with Crippen molar-refractivity contribution >= 4 is 11.7 Å². The first-order valence-corrected chi connectivity index (χ1v) is 3.87. The zero-order valence-electron chi connectivity index (χ0n) is 7.21. The number of carboxylic acid groups (broad SMARTS) is 1. The van der Waals surface area contributed by atoms with Gasteiger partial charge >= 0.3 is 5.97 Å². The van der Waals surface area contributed by atoms with E-state index in [0.717, 1.165) is 19.4 Å². The lowest BCUT2D eigenvalue weighted by molar-refractivity contribution is -0.129. The van der Waals surface area contributed by atoms with Gasteiger partial charge < -0.3 is 16.3 Å². The van der Waals surface area contributed by atoms with Gasteiger partial charge in [0, 0.05) is 0 Å². The van der Waals surface area contributed by atoms with Gasteiger partial charge in [0.25, 0.3) is 0 Å². The van der Waals surface area contributed by atoms with Crippen molar-refractivity contribution in [1.82, 2.24) is 5.32 Å². The van der Waals surface area contributed by atoms with Crippen LogP contribution in [0.5, 0.6) is 0 Å². The number of nitrogens with one attached hydrogen (secondary N) is 1. The molecular formula is C7H15N3O2. The Labute approximate surface area is 71.6 Å². The van der Waals surface area contributed by atoms with E-state index in [1.165, 1.54) is 0 Å². The number of carboxylic acids is 1. The van der Waals surface area contributed by atoms with Gasteiger partial charge in [-0.15, -0.1) is 0 Å². The smallest absolute Gasteiger partial charge is 0.352 e. The summed E-state index contributed by atoms with van der Waals surface area (Å²) in [7, 11) is 1.86. The highest BCUT2D eigenvalue weighted by atomic mass is 16.4. The predicted octanol–water partition coefficient (Wildman–Crippen LogP) is -0.225. The Bertz CT molecular complexity index is 168. The van der Waals surface area contributed by atoms with Crippen molar-refractivity contribution in [3.63, 3.8) is 0 Å². The van der Waals surface area contributed by atoms with E-state index in [4.69, 9.17) is 10.9 Å². The number of rotatable bonds is 6. The Morgan fingerprint density at radius 2 is 2.25 bits per heavy atom. The number of hydrogen-bond donors (Lipinski definition) is 3. The summed E-state index contributed by atoms with van der Waals surface area (Å²) in [6, 6.07) is 0. The van der Waals surface area contributed by atoms with E-state index >= 15 is 0 Å². The highest BCUT2D eigenvalue weighted by Crippen LogP contribution is 1.96. The fourth-order valence-electron chi connectivity index (χ4n) is 0.821. The first kappa shape index (κ1) is 10.9. The molecule has 0 aromatic heterocycles. The summed E-state index contributed by atoms with van der Waals surface area (Å²) in [5.74, 6) is 3.85. The van der Waals surface area contributed by atoms with Crippen LogP contribution in [0.25, 0.3) is 0 Å². The SMILES string of the molecule is CNCCCC/C(=N\N)C(=O)O. The highest BCUT2D eigenvalue weighted by molar-refractivity contribution is 6.35. The molecule has 12 heavy (non-hydrogen) atoms. The molecule has 0 atom stereocenters. The second kappa shape index (κ2) is 6.60. The summed E-state index contributed by atoms with van der Waals surface area (Å²) >= 11 is 0. The molecule has 0 aromatic carbocycles. The lowest BCUT2D eigenvalue weighted by Gasteiger charge is -1.99. The number of nitrogens with two attached hydrogens (primary N) is 1. The summed E-state index contributed by atoms with van der Waals surface area (Å²) in [4.78, 5) is 10.4. The molecule has 0 fully saturated rings. The van der Waals surface area contributed by atoms with Crippen molar-refractivity contribution < 1.29 is 9.90 Å². The van der Waals surface area contributed by atoms with Crippen molar-refractivity contribution in [1.29, 1.82) is 0 Å². The lowest BCUT2D eigenvalue weighted by atomic mass is 10.1. The van der Waals surface area contributed by atoms with Gasteiger partial charge in [0.05, 0.1) is 0 Å². The number of hydrogen-bond acceptors (Lipinski definition) is 4. The minimum absolute atomic E-state index is 0.0473. The summed E-state index contributed by atoms with van der Waals surface area (Å²) < 4.78 is 0. The van der Waals surface area contributed by atoms with Crippen LogP contribution in [0.3, 0.4) is 0 Å². The van der Waals surface area contributed by atoms with Crippen LogP contribution in [0.1, 0.15) is 19.3 Å². The van der Waals surface area contributed by atoms with Crippen LogP contribution in [0.4, 0.5) is 0 Å². The van der Waals surface area contributed by atoms with Crippen molar-refractivity contribution in [3.05, 3.63) is 0 Å². The Hall–Kier alpha value is -1.10. The van der Waals surface area contributed by atoms with Gasteiger partial charge in [-0.25, -0.2) is 4.79 Å². The molecule has 5 nitrogen and oxygen atoms in total. The molecule has 4 N–H and O–H groups in total. The third-order valence-corrected chi connectivity index (χ3v) is 1.49. The predicted molar refractivity (Wildman–Crippen MR) is 47.0 cm³/mol. The maximum absolute atomic E-state index is 10.4. The summed E-state index contributed by atoms with van der Waals surface area (Å²) in [5, 5.41) is 14.7. The third kappa shape index (κ3) is 4.68. The van der Waals surface area contributed by atoms with Gasteiger partial charge in [0.15, 0.2) is 0 Å². The first-order valence-electron chi connectivity index (χ1n) is 3.87. The molecule has 0 aliphatic rings. The second-order valence-electron chi connectivity index (χ2n) is 2.44. The topological polar surface area (TPSA) is 87.7 Å². The van der Waals surface area contributed by atoms with Crippen LogP contribution in [0.2, 0.25) is 0 Å². The Morgan fingerprint density at radius 1 is 1.58 bits per heavy atom. The molecule has 0 aliphatic heterocycles. The van der Waals surface area contributed by atoms with Crippen LogP contribution < -0.4 is 11.2 Å². The summed E-state index contributed by atoms with van der Waals surface area (Å²) in [5.41, 5.74) is 0.0473. The van der Waals surface area contributed by atoms with Gasteiger partial charge in [-0.1, -0.05) is 0 Å². The van der Waals surface area contributed by atoms with Gasteiger partial charge in [0.1, 0.15) is 5.71 Å². The van der Waals surface area contributed by atoms with E-state index in [2.05, 4.69) is 10.4 Å². The molecule has 70 valence electrons. The average molecular weight is 173 g/mol. The number of aliphatic carboxylic acids is 1. The molecule has 0 radical (unpaired) electrons. The van der Waals surface area contributed by atoms with E-state index in [-0.39, 0.29) is 5.71 Å². The van der Waals surface area contributed by atoms with Gasteiger partial charge in [-0.05, 0) is 32.9 Å². The van der Waals surface area contributed by atoms with Gasteiger partial charge in [0.2, 0.25) is 0 Å². The molecule has 0 saturated heterocycles. The average Bonchev–Trinajstić information content (AvgIpc) is 2.04. The molecule has 0 rings (SSSR count). The van der Waals surface area contributed by atoms with Gasteiger partial charge in [-0.2, -0.15) is 5.10 Å². The van der Waals surface area contributed by atoms with Crippen LogP contribution in [-0.4, -0.2) is 30.4 Å². The van der Waals surface area contributed by atoms with Crippen LogP contribution in [0, 0.1) is 0 Å². The largest absolute Gasteiger partial charge is 0.477 e. The molecule has 0 bridgehead atoms. The van der Waals surface area contributed by atoms with E-state index in [1.807, 2.05) is 7.05 Å². The van der Waals surface area contributed by atoms with Crippen molar-refractivity contribution in [2.24, 2.45) is 10.9 Å². The van der Waals surface area contributed by atoms with E-state index in [9.17, 15) is 4.79 Å². The van der Waals surface area contributed by atoms with Crippen molar-refractivity contribution in [2.45, 2.75) is 19.3 Å². The monoisotopic (exact) mass is 173 g/mol. The number of nitrogens with zero attached hydrogens (tertiary/aromatic N) is 1. The summed E-state index contributed by atoms with van der Waals surface area (Å²) in [6.07, 6.45) is 2.17. The molecule has 0 saturated carbocycles. The Kier molecular flexibility index (Phi) is 6.00. The molecule has 0 unspecified atom stereocenters. The maximum atomic E-state index is 10.4. The van der Waals surface area contributed by atoms with Crippen LogP contribution >= 0.6 is 0 Å². The molecule has 0 aromatic rings. The quantitative estimate of drug-likeness (QED) is 0.224. The third-order valence-electron chi connectivity index (χ3n) is 1.49. The lowest BCUT2D eigenvalue weighted by Crippen LogP contribution is -2.16. The number of unbranched alkanes of at least 4 members (excludes halogenated alkanes) is 1. The van der Waals surface area contributed by atoms with Crippen molar-refractivity contribution in [2.75, 3.05) is 13.6 Å². The van der Waals surface area contributed by atoms with E-state index < -0.39 is 5.97 Å². The fourth-order valence-corrected chi connectivity index (χ4v) is 0.821. The molecule has 0 heterocycles. The molecular weight excluding hydrogens is 158 g/mol. The number of carbonyl (C=O) groups is 1. The molecule has 5 heteroatoms. The first-order chi connectivity index (χ1) is 5.72. The number of hydrazone groups is 1. The second-order valence-corrected chi connectivity index (χ2v) is 2.44. The van der Waals surface area contributed by atoms with Crippen LogP contribution in [0.15, 0.2) is 5.10 Å². The fraction of sp³-hybridized carbons (Fsp3) is 0.714. The Balaban J connectivity index is 3.54.